The Morgan fingerprint density at radius 1 is 1.22 bits per heavy atom. The molecule has 0 spiro atoms. The van der Waals surface area contributed by atoms with Crippen molar-refractivity contribution in [2.45, 2.75) is 18.9 Å². The highest BCUT2D eigenvalue weighted by Gasteiger charge is 2.32. The first-order valence-corrected chi connectivity index (χ1v) is 7.68. The van der Waals surface area contributed by atoms with Crippen molar-refractivity contribution < 1.29 is 14.3 Å². The van der Waals surface area contributed by atoms with Gasteiger partial charge in [0, 0.05) is 24.4 Å². The molecule has 2 heterocycles. The molecule has 1 unspecified atom stereocenters. The number of methoxy groups -OCH3 is 2. The molecule has 0 N–H and O–H groups in total. The van der Waals surface area contributed by atoms with Crippen LogP contribution >= 0.6 is 0 Å². The van der Waals surface area contributed by atoms with E-state index in [-0.39, 0.29) is 11.9 Å². The number of hydrogen-bond acceptors (Lipinski definition) is 4. The Labute approximate surface area is 135 Å². The Balaban J connectivity index is 1.91. The van der Waals surface area contributed by atoms with Gasteiger partial charge < -0.3 is 14.4 Å². The molecule has 0 saturated carbocycles. The largest absolute Gasteiger partial charge is 0.497 e. The molecule has 5 heteroatoms. The number of likely N-dealkylation sites (tertiary alicyclic amines) is 1. The third-order valence-electron chi connectivity index (χ3n) is 4.20. The summed E-state index contributed by atoms with van der Waals surface area (Å²) < 4.78 is 10.7. The molecular formula is C18H20N2O3. The predicted molar refractivity (Wildman–Crippen MR) is 86.8 cm³/mol. The smallest absolute Gasteiger partial charge is 0.272 e. The molecule has 0 aliphatic carbocycles. The van der Waals surface area contributed by atoms with Crippen LogP contribution in [0.3, 0.4) is 0 Å². The van der Waals surface area contributed by atoms with Gasteiger partial charge in [0.15, 0.2) is 0 Å². The van der Waals surface area contributed by atoms with Crippen LogP contribution in [0.2, 0.25) is 0 Å². The third kappa shape index (κ3) is 2.99. The second-order valence-electron chi connectivity index (χ2n) is 5.48. The van der Waals surface area contributed by atoms with Crippen LogP contribution in [-0.4, -0.2) is 36.6 Å². The lowest BCUT2D eigenvalue weighted by Crippen LogP contribution is -2.31. The summed E-state index contributed by atoms with van der Waals surface area (Å²) in [4.78, 5) is 18.8. The topological polar surface area (TPSA) is 51.7 Å². The van der Waals surface area contributed by atoms with E-state index in [4.69, 9.17) is 9.47 Å². The Hall–Kier alpha value is -2.56. The standard InChI is InChI=1S/C18H20N2O3/c1-22-13-8-9-14(17(12-13)23-2)16-7-5-11-20(16)18(21)15-6-3-4-10-19-15/h3-4,6,8-10,12,16H,5,7,11H2,1-2H3. The maximum atomic E-state index is 12.8. The Morgan fingerprint density at radius 2 is 2.09 bits per heavy atom. The van der Waals surface area contributed by atoms with Crippen LogP contribution in [0.4, 0.5) is 0 Å². The van der Waals surface area contributed by atoms with Crippen molar-refractivity contribution in [3.8, 4) is 11.5 Å². The monoisotopic (exact) mass is 312 g/mol. The van der Waals surface area contributed by atoms with Gasteiger partial charge in [-0.05, 0) is 37.1 Å². The van der Waals surface area contributed by atoms with Crippen molar-refractivity contribution >= 4 is 5.91 Å². The van der Waals surface area contributed by atoms with Crippen LogP contribution in [0, 0.1) is 0 Å². The van der Waals surface area contributed by atoms with E-state index in [9.17, 15) is 4.79 Å². The maximum Gasteiger partial charge on any atom is 0.272 e. The number of benzene rings is 1. The zero-order valence-electron chi connectivity index (χ0n) is 13.4. The molecule has 1 amide bonds. The number of ether oxygens (including phenoxy) is 2. The highest BCUT2D eigenvalue weighted by atomic mass is 16.5. The van der Waals surface area contributed by atoms with Gasteiger partial charge in [-0.3, -0.25) is 9.78 Å². The highest BCUT2D eigenvalue weighted by molar-refractivity contribution is 5.92. The van der Waals surface area contributed by atoms with Crippen molar-refractivity contribution in [3.05, 3.63) is 53.9 Å². The van der Waals surface area contributed by atoms with Crippen molar-refractivity contribution in [3.63, 3.8) is 0 Å². The summed E-state index contributed by atoms with van der Waals surface area (Å²) in [6.45, 7) is 0.731. The molecule has 120 valence electrons. The molecule has 1 aromatic heterocycles. The van der Waals surface area contributed by atoms with E-state index in [0.717, 1.165) is 36.4 Å². The molecular weight excluding hydrogens is 292 g/mol. The number of nitrogens with zero attached hydrogens (tertiary/aromatic N) is 2. The first-order valence-electron chi connectivity index (χ1n) is 7.68. The summed E-state index contributed by atoms with van der Waals surface area (Å²) in [5.74, 6) is 1.45. The van der Waals surface area contributed by atoms with Crippen molar-refractivity contribution in [1.29, 1.82) is 0 Å². The van der Waals surface area contributed by atoms with Crippen LogP contribution in [0.15, 0.2) is 42.6 Å². The second kappa shape index (κ2) is 6.69. The minimum atomic E-state index is -0.0361. The number of rotatable bonds is 4. The predicted octanol–water partition coefficient (Wildman–Crippen LogP) is 3.08. The fourth-order valence-electron chi connectivity index (χ4n) is 3.06. The van der Waals surface area contributed by atoms with Gasteiger partial charge in [-0.1, -0.05) is 6.07 Å². The normalized spacial score (nSPS) is 17.1. The zero-order chi connectivity index (χ0) is 16.2. The summed E-state index contributed by atoms with van der Waals surface area (Å²) in [6.07, 6.45) is 3.53. The maximum absolute atomic E-state index is 12.8. The number of carbonyl (C=O) groups is 1. The lowest BCUT2D eigenvalue weighted by atomic mass is 10.0. The SMILES string of the molecule is COc1ccc(C2CCCN2C(=O)c2ccccn2)c(OC)c1. The second-order valence-corrected chi connectivity index (χ2v) is 5.48. The summed E-state index contributed by atoms with van der Waals surface area (Å²) in [6, 6.07) is 11.1. The van der Waals surface area contributed by atoms with Crippen LogP contribution in [0.1, 0.15) is 34.9 Å². The van der Waals surface area contributed by atoms with Crippen molar-refractivity contribution in [2.24, 2.45) is 0 Å². The minimum Gasteiger partial charge on any atom is -0.497 e. The van der Waals surface area contributed by atoms with Gasteiger partial charge in [0.1, 0.15) is 17.2 Å². The molecule has 0 radical (unpaired) electrons. The van der Waals surface area contributed by atoms with Crippen LogP contribution in [0.5, 0.6) is 11.5 Å². The number of carbonyl (C=O) groups excluding carboxylic acids is 1. The molecule has 1 aliphatic heterocycles. The number of pyridine rings is 1. The Bertz CT molecular complexity index is 688. The highest BCUT2D eigenvalue weighted by Crippen LogP contribution is 2.39. The molecule has 3 rings (SSSR count). The molecule has 1 saturated heterocycles. The van der Waals surface area contributed by atoms with Gasteiger partial charge in [-0.2, -0.15) is 0 Å². The van der Waals surface area contributed by atoms with E-state index in [1.54, 1.807) is 26.5 Å². The lowest BCUT2D eigenvalue weighted by molar-refractivity contribution is 0.0728. The van der Waals surface area contributed by atoms with Gasteiger partial charge in [-0.25, -0.2) is 0 Å². The van der Waals surface area contributed by atoms with Gasteiger partial charge >= 0.3 is 0 Å². The third-order valence-corrected chi connectivity index (χ3v) is 4.20. The van der Waals surface area contributed by atoms with Crippen molar-refractivity contribution in [2.75, 3.05) is 20.8 Å². The van der Waals surface area contributed by atoms with Gasteiger partial charge in [0.25, 0.3) is 5.91 Å². The average molecular weight is 312 g/mol. The number of amides is 1. The average Bonchev–Trinajstić information content (AvgIpc) is 3.10. The molecule has 1 fully saturated rings. The molecule has 2 aromatic rings. The summed E-state index contributed by atoms with van der Waals surface area (Å²) >= 11 is 0. The summed E-state index contributed by atoms with van der Waals surface area (Å²) in [5.41, 5.74) is 1.49. The van der Waals surface area contributed by atoms with Crippen LogP contribution < -0.4 is 9.47 Å². The first-order chi connectivity index (χ1) is 11.2. The van der Waals surface area contributed by atoms with Gasteiger partial charge in [0.2, 0.25) is 0 Å². The van der Waals surface area contributed by atoms with Crippen LogP contribution in [-0.2, 0) is 0 Å². The minimum absolute atomic E-state index is 0.00497. The fraction of sp³-hybridized carbons (Fsp3) is 0.333. The molecule has 1 aromatic carbocycles. The van der Waals surface area contributed by atoms with E-state index in [1.165, 1.54) is 0 Å². The summed E-state index contributed by atoms with van der Waals surface area (Å²) in [7, 11) is 3.26. The molecule has 0 bridgehead atoms. The fourth-order valence-corrected chi connectivity index (χ4v) is 3.06. The van der Waals surface area contributed by atoms with Crippen molar-refractivity contribution in [1.82, 2.24) is 9.88 Å². The van der Waals surface area contributed by atoms with Gasteiger partial charge in [0.05, 0.1) is 20.3 Å². The lowest BCUT2D eigenvalue weighted by Gasteiger charge is -2.26. The first kappa shape index (κ1) is 15.3. The molecule has 1 atom stereocenters. The zero-order valence-corrected chi connectivity index (χ0v) is 13.4. The number of hydrogen-bond donors (Lipinski definition) is 0. The number of aromatic nitrogens is 1. The Kier molecular flexibility index (Phi) is 4.46. The quantitative estimate of drug-likeness (QED) is 0.870. The molecule has 1 aliphatic rings. The van der Waals surface area contributed by atoms with Crippen LogP contribution in [0.25, 0.3) is 0 Å². The van der Waals surface area contributed by atoms with E-state index < -0.39 is 0 Å². The van der Waals surface area contributed by atoms with Gasteiger partial charge in [-0.15, -0.1) is 0 Å². The van der Waals surface area contributed by atoms with E-state index in [1.807, 2.05) is 35.2 Å². The van der Waals surface area contributed by atoms with E-state index in [2.05, 4.69) is 4.98 Å². The van der Waals surface area contributed by atoms with E-state index >= 15 is 0 Å². The molecule has 5 nitrogen and oxygen atoms in total. The Morgan fingerprint density at radius 3 is 2.78 bits per heavy atom. The summed E-state index contributed by atoms with van der Waals surface area (Å²) in [5, 5.41) is 0. The molecule has 23 heavy (non-hydrogen) atoms. The van der Waals surface area contributed by atoms with E-state index in [0.29, 0.717) is 5.69 Å².